The van der Waals surface area contributed by atoms with E-state index in [0.29, 0.717) is 6.61 Å². The molecule has 0 amide bonds. The Kier molecular flexibility index (Phi) is 3.89. The Labute approximate surface area is 92.0 Å². The van der Waals surface area contributed by atoms with Crippen molar-refractivity contribution in [3.63, 3.8) is 0 Å². The fraction of sp³-hybridized carbons (Fsp3) is 0.462. The van der Waals surface area contributed by atoms with Gasteiger partial charge in [0, 0.05) is 5.56 Å². The van der Waals surface area contributed by atoms with E-state index in [9.17, 15) is 0 Å². The standard InChI is InChI=1S/C11H13NO.C2H6/c1-11(2)8-13-10(12-11)9-6-4-3-5-7-9;1-2/h3-7H,8H2,1-2H3;1-2H3. The number of hydrogen-bond acceptors (Lipinski definition) is 2. The summed E-state index contributed by atoms with van der Waals surface area (Å²) in [5, 5.41) is 0. The molecule has 0 spiro atoms. The van der Waals surface area contributed by atoms with E-state index in [1.165, 1.54) is 0 Å². The fourth-order valence-corrected chi connectivity index (χ4v) is 1.31. The Morgan fingerprint density at radius 2 is 1.73 bits per heavy atom. The number of hydrogen-bond donors (Lipinski definition) is 0. The van der Waals surface area contributed by atoms with E-state index in [2.05, 4.69) is 18.8 Å². The van der Waals surface area contributed by atoms with Gasteiger partial charge in [0.1, 0.15) is 6.61 Å². The normalized spacial score (nSPS) is 17.2. The van der Waals surface area contributed by atoms with Gasteiger partial charge in [0.05, 0.1) is 5.54 Å². The zero-order valence-electron chi connectivity index (χ0n) is 9.95. The molecule has 15 heavy (non-hydrogen) atoms. The first-order valence-corrected chi connectivity index (χ1v) is 5.45. The van der Waals surface area contributed by atoms with Crippen molar-refractivity contribution >= 4 is 5.90 Å². The van der Waals surface area contributed by atoms with Gasteiger partial charge in [-0.25, -0.2) is 4.99 Å². The average molecular weight is 205 g/mol. The van der Waals surface area contributed by atoms with Gasteiger partial charge < -0.3 is 4.74 Å². The second-order valence-corrected chi connectivity index (χ2v) is 3.88. The van der Waals surface area contributed by atoms with Crippen molar-refractivity contribution in [2.75, 3.05) is 6.61 Å². The number of rotatable bonds is 1. The van der Waals surface area contributed by atoms with Gasteiger partial charge in [0.2, 0.25) is 5.90 Å². The van der Waals surface area contributed by atoms with Crippen LogP contribution < -0.4 is 0 Å². The van der Waals surface area contributed by atoms with Crippen LogP contribution in [0.2, 0.25) is 0 Å². The van der Waals surface area contributed by atoms with Gasteiger partial charge in [-0.1, -0.05) is 32.0 Å². The highest BCUT2D eigenvalue weighted by Crippen LogP contribution is 2.20. The summed E-state index contributed by atoms with van der Waals surface area (Å²) in [7, 11) is 0. The van der Waals surface area contributed by atoms with Crippen molar-refractivity contribution < 1.29 is 4.74 Å². The van der Waals surface area contributed by atoms with E-state index in [1.807, 2.05) is 44.2 Å². The minimum absolute atomic E-state index is 0.0643. The minimum atomic E-state index is -0.0643. The van der Waals surface area contributed by atoms with Crippen molar-refractivity contribution in [1.29, 1.82) is 0 Å². The predicted octanol–water partition coefficient (Wildman–Crippen LogP) is 3.27. The molecule has 0 saturated carbocycles. The molecule has 0 saturated heterocycles. The van der Waals surface area contributed by atoms with Crippen molar-refractivity contribution in [2.45, 2.75) is 33.2 Å². The second-order valence-electron chi connectivity index (χ2n) is 3.88. The highest BCUT2D eigenvalue weighted by Gasteiger charge is 2.26. The van der Waals surface area contributed by atoms with Crippen LogP contribution in [-0.4, -0.2) is 18.0 Å². The summed E-state index contributed by atoms with van der Waals surface area (Å²) in [6, 6.07) is 10.0. The Morgan fingerprint density at radius 1 is 1.13 bits per heavy atom. The molecule has 0 aromatic heterocycles. The zero-order chi connectivity index (χ0) is 11.3. The molecule has 0 aliphatic carbocycles. The van der Waals surface area contributed by atoms with Crippen LogP contribution in [0, 0.1) is 0 Å². The topological polar surface area (TPSA) is 21.6 Å². The number of nitrogens with zero attached hydrogens (tertiary/aromatic N) is 1. The first kappa shape index (κ1) is 11.8. The van der Waals surface area contributed by atoms with Crippen molar-refractivity contribution in [1.82, 2.24) is 0 Å². The molecule has 1 aromatic carbocycles. The van der Waals surface area contributed by atoms with Crippen molar-refractivity contribution in [2.24, 2.45) is 4.99 Å². The van der Waals surface area contributed by atoms with Gasteiger partial charge in [-0.2, -0.15) is 0 Å². The molecule has 2 nitrogen and oxygen atoms in total. The molecule has 1 aromatic rings. The lowest BCUT2D eigenvalue weighted by Gasteiger charge is -2.07. The third-order valence-electron chi connectivity index (χ3n) is 1.99. The molecule has 0 radical (unpaired) electrons. The highest BCUT2D eigenvalue weighted by molar-refractivity contribution is 5.95. The van der Waals surface area contributed by atoms with Crippen LogP contribution in [0.1, 0.15) is 33.3 Å². The van der Waals surface area contributed by atoms with Gasteiger partial charge in [-0.15, -0.1) is 0 Å². The Bertz CT molecular complexity index is 328. The first-order chi connectivity index (χ1) is 7.17. The van der Waals surface area contributed by atoms with Gasteiger partial charge in [0.15, 0.2) is 0 Å². The van der Waals surface area contributed by atoms with Gasteiger partial charge in [-0.05, 0) is 26.0 Å². The highest BCUT2D eigenvalue weighted by atomic mass is 16.5. The monoisotopic (exact) mass is 205 g/mol. The van der Waals surface area contributed by atoms with E-state index in [1.54, 1.807) is 0 Å². The summed E-state index contributed by atoms with van der Waals surface area (Å²) in [5.74, 6) is 0.769. The fourth-order valence-electron chi connectivity index (χ4n) is 1.31. The smallest absolute Gasteiger partial charge is 0.216 e. The first-order valence-electron chi connectivity index (χ1n) is 5.45. The van der Waals surface area contributed by atoms with E-state index < -0.39 is 0 Å². The quantitative estimate of drug-likeness (QED) is 0.689. The Hall–Kier alpha value is -1.31. The lowest BCUT2D eigenvalue weighted by atomic mass is 10.1. The molecular weight excluding hydrogens is 186 g/mol. The molecule has 1 heterocycles. The van der Waals surface area contributed by atoms with E-state index >= 15 is 0 Å². The molecule has 1 aliphatic heterocycles. The van der Waals surface area contributed by atoms with E-state index in [0.717, 1.165) is 11.5 Å². The predicted molar refractivity (Wildman–Crippen MR) is 64.4 cm³/mol. The maximum absolute atomic E-state index is 5.50. The number of ether oxygens (including phenoxy) is 1. The molecule has 2 rings (SSSR count). The van der Waals surface area contributed by atoms with Crippen LogP contribution in [0.15, 0.2) is 35.3 Å². The molecule has 0 atom stereocenters. The zero-order valence-corrected chi connectivity index (χ0v) is 9.95. The summed E-state index contributed by atoms with van der Waals surface area (Å²) in [4.78, 5) is 4.49. The largest absolute Gasteiger partial charge is 0.475 e. The molecule has 82 valence electrons. The summed E-state index contributed by atoms with van der Waals surface area (Å²) in [5.41, 5.74) is 0.999. The minimum Gasteiger partial charge on any atom is -0.475 e. The lowest BCUT2D eigenvalue weighted by molar-refractivity contribution is 0.279. The molecule has 0 N–H and O–H groups in total. The van der Waals surface area contributed by atoms with Crippen molar-refractivity contribution in [3.8, 4) is 0 Å². The maximum atomic E-state index is 5.50. The summed E-state index contributed by atoms with van der Waals surface area (Å²) >= 11 is 0. The van der Waals surface area contributed by atoms with Gasteiger partial charge in [-0.3, -0.25) is 0 Å². The number of aliphatic imine (C=N–C) groups is 1. The summed E-state index contributed by atoms with van der Waals surface area (Å²) < 4.78 is 5.50. The van der Waals surface area contributed by atoms with Crippen LogP contribution in [0.5, 0.6) is 0 Å². The van der Waals surface area contributed by atoms with Crippen LogP contribution in [0.25, 0.3) is 0 Å². The van der Waals surface area contributed by atoms with Gasteiger partial charge in [0.25, 0.3) is 0 Å². The van der Waals surface area contributed by atoms with Crippen LogP contribution in [0.4, 0.5) is 0 Å². The molecule has 0 unspecified atom stereocenters. The van der Waals surface area contributed by atoms with Crippen LogP contribution in [0.3, 0.4) is 0 Å². The second kappa shape index (κ2) is 4.96. The van der Waals surface area contributed by atoms with Crippen molar-refractivity contribution in [3.05, 3.63) is 35.9 Å². The summed E-state index contributed by atoms with van der Waals surface area (Å²) in [6.45, 7) is 8.82. The van der Waals surface area contributed by atoms with E-state index in [4.69, 9.17) is 4.74 Å². The molecule has 0 fully saturated rings. The van der Waals surface area contributed by atoms with Crippen LogP contribution >= 0.6 is 0 Å². The Morgan fingerprint density at radius 3 is 2.20 bits per heavy atom. The molecule has 0 bridgehead atoms. The SMILES string of the molecule is CC.CC1(C)COC(c2ccccc2)=N1. The Balaban J connectivity index is 0.000000531. The molecular formula is C13H19NO. The van der Waals surface area contributed by atoms with Gasteiger partial charge >= 0.3 is 0 Å². The van der Waals surface area contributed by atoms with E-state index in [-0.39, 0.29) is 5.54 Å². The molecule has 1 aliphatic rings. The third-order valence-corrected chi connectivity index (χ3v) is 1.99. The summed E-state index contributed by atoms with van der Waals surface area (Å²) in [6.07, 6.45) is 0. The number of benzene rings is 1. The maximum Gasteiger partial charge on any atom is 0.216 e. The van der Waals surface area contributed by atoms with Crippen LogP contribution in [-0.2, 0) is 4.74 Å². The molecule has 2 heteroatoms. The lowest BCUT2D eigenvalue weighted by Crippen LogP contribution is -2.17. The average Bonchev–Trinajstić information content (AvgIpc) is 2.63. The third kappa shape index (κ3) is 3.08.